The van der Waals surface area contributed by atoms with Crippen LogP contribution in [-0.4, -0.2) is 6.71 Å². The molecule has 0 unspecified atom stereocenters. The van der Waals surface area contributed by atoms with Gasteiger partial charge in [-0.2, -0.15) is 0 Å². The van der Waals surface area contributed by atoms with Crippen LogP contribution in [-0.2, 0) is 27.1 Å². The molecule has 0 aromatic heterocycles. The molecule has 3 heteroatoms. The number of fused-ring (bicyclic) bond motifs is 6. The first kappa shape index (κ1) is 42.8. The first-order valence-electron chi connectivity index (χ1n) is 24.6. The van der Waals surface area contributed by atoms with Gasteiger partial charge in [0.15, 0.2) is 0 Å². The molecule has 0 amide bonds. The molecule has 0 bridgehead atoms. The normalized spacial score (nSPS) is 18.0. The van der Waals surface area contributed by atoms with Gasteiger partial charge in [0.25, 0.3) is 6.71 Å². The summed E-state index contributed by atoms with van der Waals surface area (Å²) in [4.78, 5) is 5.36. The third kappa shape index (κ3) is 6.50. The molecular formula is C63H67BN2. The van der Waals surface area contributed by atoms with Crippen LogP contribution in [0.15, 0.2) is 133 Å². The molecule has 0 saturated carbocycles. The van der Waals surface area contributed by atoms with Gasteiger partial charge in [0.1, 0.15) is 0 Å². The first-order chi connectivity index (χ1) is 31.1. The molecule has 0 saturated heterocycles. The molecule has 66 heavy (non-hydrogen) atoms. The van der Waals surface area contributed by atoms with Crippen molar-refractivity contribution in [2.45, 2.75) is 136 Å². The van der Waals surface area contributed by atoms with E-state index in [0.29, 0.717) is 0 Å². The van der Waals surface area contributed by atoms with Crippen molar-refractivity contribution in [1.29, 1.82) is 0 Å². The fourth-order valence-corrected chi connectivity index (χ4v) is 12.9. The number of anilines is 6. The molecule has 0 N–H and O–H groups in total. The van der Waals surface area contributed by atoms with Crippen LogP contribution < -0.4 is 26.2 Å². The Labute approximate surface area is 396 Å². The Morgan fingerprint density at radius 1 is 0.439 bits per heavy atom. The van der Waals surface area contributed by atoms with Gasteiger partial charge < -0.3 is 9.80 Å². The molecule has 0 atom stereocenters. The maximum absolute atomic E-state index is 2.72. The van der Waals surface area contributed by atoms with E-state index in [0.717, 1.165) is 6.42 Å². The highest BCUT2D eigenvalue weighted by molar-refractivity contribution is 7.00. The summed E-state index contributed by atoms with van der Waals surface area (Å²) in [5.41, 5.74) is 27.0. The van der Waals surface area contributed by atoms with Crippen LogP contribution in [0.4, 0.5) is 34.1 Å². The number of nitrogens with zero attached hydrogens (tertiary/aromatic N) is 2. The van der Waals surface area contributed by atoms with Gasteiger partial charge in [-0.15, -0.1) is 0 Å². The summed E-state index contributed by atoms with van der Waals surface area (Å²) in [7, 11) is 0. The molecule has 0 spiro atoms. The van der Waals surface area contributed by atoms with Gasteiger partial charge in [-0.3, -0.25) is 0 Å². The van der Waals surface area contributed by atoms with Crippen LogP contribution in [0.3, 0.4) is 0 Å². The summed E-state index contributed by atoms with van der Waals surface area (Å²) in [5, 5.41) is 0. The summed E-state index contributed by atoms with van der Waals surface area (Å²) >= 11 is 0. The highest BCUT2D eigenvalue weighted by atomic mass is 15.2. The van der Waals surface area contributed by atoms with E-state index < -0.39 is 0 Å². The molecule has 0 radical (unpaired) electrons. The van der Waals surface area contributed by atoms with E-state index in [1.807, 2.05) is 0 Å². The van der Waals surface area contributed by atoms with Crippen molar-refractivity contribution in [2.75, 3.05) is 9.80 Å². The van der Waals surface area contributed by atoms with Crippen molar-refractivity contribution in [3.8, 4) is 22.3 Å². The monoisotopic (exact) mass is 863 g/mol. The van der Waals surface area contributed by atoms with Gasteiger partial charge in [0.2, 0.25) is 0 Å². The second kappa shape index (κ2) is 14.4. The van der Waals surface area contributed by atoms with Gasteiger partial charge >= 0.3 is 0 Å². The topological polar surface area (TPSA) is 6.48 Å². The lowest BCUT2D eigenvalue weighted by Gasteiger charge is -2.48. The minimum Gasteiger partial charge on any atom is -0.311 e. The summed E-state index contributed by atoms with van der Waals surface area (Å²) in [6.07, 6.45) is 3.48. The predicted molar refractivity (Wildman–Crippen MR) is 285 cm³/mol. The molecule has 7 aromatic rings. The SMILES string of the molecule is Cc1cc2c3c(c1)N(c1ccc(C(C)(C)C)cc1-c1ccccc1)c1ccc(-c4ccccc4)cc1B3c1cc3c(cc1N2c1cc2c(cc1C)C(C)(C)CC2(C)C)C(C)(C)CCC3(C)C. The highest BCUT2D eigenvalue weighted by Gasteiger charge is 2.48. The lowest BCUT2D eigenvalue weighted by atomic mass is 9.33. The lowest BCUT2D eigenvalue weighted by Crippen LogP contribution is -2.62. The Morgan fingerprint density at radius 2 is 0.955 bits per heavy atom. The fourth-order valence-electron chi connectivity index (χ4n) is 12.9. The molecule has 332 valence electrons. The predicted octanol–water partition coefficient (Wildman–Crippen LogP) is 15.3. The van der Waals surface area contributed by atoms with E-state index in [1.54, 1.807) is 0 Å². The number of hydrogen-bond donors (Lipinski definition) is 0. The van der Waals surface area contributed by atoms with Crippen molar-refractivity contribution >= 4 is 57.2 Å². The van der Waals surface area contributed by atoms with Crippen LogP contribution in [0.5, 0.6) is 0 Å². The van der Waals surface area contributed by atoms with Gasteiger partial charge in [0.05, 0.1) is 5.69 Å². The van der Waals surface area contributed by atoms with Crippen LogP contribution >= 0.6 is 0 Å². The summed E-state index contributed by atoms with van der Waals surface area (Å²) in [5.74, 6) is 0. The molecule has 2 heterocycles. The Balaban J connectivity index is 1.28. The Bertz CT molecular complexity index is 3120. The van der Waals surface area contributed by atoms with E-state index >= 15 is 0 Å². The van der Waals surface area contributed by atoms with Crippen molar-refractivity contribution in [2.24, 2.45) is 0 Å². The quantitative estimate of drug-likeness (QED) is 0.163. The molecule has 11 rings (SSSR count). The Hall–Kier alpha value is -5.80. The summed E-state index contributed by atoms with van der Waals surface area (Å²) in [6, 6.07) is 52.2. The maximum atomic E-state index is 2.72. The van der Waals surface area contributed by atoms with Crippen molar-refractivity contribution in [3.05, 3.63) is 172 Å². The molecule has 7 aromatic carbocycles. The fraction of sp³-hybridized carbons (Fsp3) is 0.333. The molecule has 4 aliphatic rings. The summed E-state index contributed by atoms with van der Waals surface area (Å²) in [6.45, 7) is 31.4. The first-order valence-corrected chi connectivity index (χ1v) is 24.6. The third-order valence-electron chi connectivity index (χ3n) is 16.4. The minimum absolute atomic E-state index is 0.0107. The average molecular weight is 863 g/mol. The smallest absolute Gasteiger partial charge is 0.252 e. The lowest BCUT2D eigenvalue weighted by molar-refractivity contribution is 0.332. The minimum atomic E-state index is -0.0107. The molecular weight excluding hydrogens is 796 g/mol. The molecule has 2 nitrogen and oxygen atoms in total. The zero-order valence-corrected chi connectivity index (χ0v) is 41.8. The van der Waals surface area contributed by atoms with E-state index in [1.165, 1.54) is 125 Å². The summed E-state index contributed by atoms with van der Waals surface area (Å²) < 4.78 is 0. The third-order valence-corrected chi connectivity index (χ3v) is 16.4. The molecule has 2 aliphatic carbocycles. The number of rotatable bonds is 4. The van der Waals surface area contributed by atoms with Crippen LogP contribution in [0, 0.1) is 13.8 Å². The second-order valence-electron chi connectivity index (χ2n) is 24.2. The van der Waals surface area contributed by atoms with Crippen LogP contribution in [0.25, 0.3) is 22.3 Å². The van der Waals surface area contributed by atoms with Gasteiger partial charge in [-0.25, -0.2) is 0 Å². The van der Waals surface area contributed by atoms with Crippen molar-refractivity contribution < 1.29 is 0 Å². The van der Waals surface area contributed by atoms with E-state index in [-0.39, 0.29) is 33.8 Å². The standard InChI is InChI=1S/C63H67BN2/c1-39-30-56-58-57(31-39)66(54-36-49-46(32-40(54)2)62(10,11)38-63(49,12)13)55-37-48-47(60(6,7)28-29-61(48,8)9)35-51(55)64(58)50-33-43(41-20-16-14-17-21-41)24-26-53(50)65(56)52-27-25-44(59(3,4)5)34-45(52)42-22-18-15-19-23-42/h14-27,30-37H,28-29,38H2,1-13H3. The van der Waals surface area contributed by atoms with Crippen molar-refractivity contribution in [3.63, 3.8) is 0 Å². The second-order valence-corrected chi connectivity index (χ2v) is 24.2. The number of aryl methyl sites for hydroxylation is 2. The molecule has 0 fully saturated rings. The molecule has 2 aliphatic heterocycles. The zero-order valence-electron chi connectivity index (χ0n) is 41.8. The van der Waals surface area contributed by atoms with Crippen LogP contribution in [0.2, 0.25) is 0 Å². The van der Waals surface area contributed by atoms with Gasteiger partial charge in [-0.05, 0) is 175 Å². The van der Waals surface area contributed by atoms with Gasteiger partial charge in [0, 0.05) is 34.0 Å². The van der Waals surface area contributed by atoms with Crippen molar-refractivity contribution in [1.82, 2.24) is 0 Å². The van der Waals surface area contributed by atoms with E-state index in [9.17, 15) is 0 Å². The maximum Gasteiger partial charge on any atom is 0.252 e. The highest BCUT2D eigenvalue weighted by Crippen LogP contribution is 2.55. The van der Waals surface area contributed by atoms with Gasteiger partial charge in [-0.1, -0.05) is 167 Å². The number of hydrogen-bond acceptors (Lipinski definition) is 2. The average Bonchev–Trinajstić information content (AvgIpc) is 3.45. The van der Waals surface area contributed by atoms with E-state index in [2.05, 4.69) is 233 Å². The largest absolute Gasteiger partial charge is 0.311 e. The Kier molecular flexibility index (Phi) is 9.31. The Morgan fingerprint density at radius 3 is 1.58 bits per heavy atom. The number of benzene rings is 7. The zero-order chi connectivity index (χ0) is 46.5. The van der Waals surface area contributed by atoms with Crippen LogP contribution in [0.1, 0.15) is 134 Å². The van der Waals surface area contributed by atoms with E-state index in [4.69, 9.17) is 0 Å².